The fraction of sp³-hybridized carbons (Fsp3) is 0.0476. The van der Waals surface area contributed by atoms with Crippen molar-refractivity contribution in [3.63, 3.8) is 0 Å². The Labute approximate surface area is 175 Å². The van der Waals surface area contributed by atoms with Gasteiger partial charge in [0, 0.05) is 11.1 Å². The minimum Gasteiger partial charge on any atom is -0.292 e. The van der Waals surface area contributed by atoms with Gasteiger partial charge >= 0.3 is 0 Å². The second kappa shape index (κ2) is 8.65. The summed E-state index contributed by atoms with van der Waals surface area (Å²) in [5.41, 5.74) is 3.36. The Bertz CT molecular complexity index is 1100. The van der Waals surface area contributed by atoms with E-state index in [0.29, 0.717) is 20.1 Å². The highest BCUT2D eigenvalue weighted by molar-refractivity contribution is 7.99. The van der Waals surface area contributed by atoms with Crippen LogP contribution >= 0.6 is 34.7 Å². The van der Waals surface area contributed by atoms with Crippen molar-refractivity contribution in [2.75, 3.05) is 5.75 Å². The zero-order valence-corrected chi connectivity index (χ0v) is 17.0. The molecule has 7 heteroatoms. The van der Waals surface area contributed by atoms with E-state index in [-0.39, 0.29) is 11.5 Å². The van der Waals surface area contributed by atoms with Crippen molar-refractivity contribution in [2.45, 2.75) is 5.16 Å². The maximum Gasteiger partial charge on any atom is 0.210 e. The van der Waals surface area contributed by atoms with Gasteiger partial charge in [-0.05, 0) is 12.1 Å². The van der Waals surface area contributed by atoms with Crippen LogP contribution in [-0.2, 0) is 0 Å². The smallest absolute Gasteiger partial charge is 0.210 e. The zero-order valence-electron chi connectivity index (χ0n) is 14.6. The Balaban J connectivity index is 1.64. The molecule has 0 fully saturated rings. The van der Waals surface area contributed by atoms with Crippen LogP contribution in [0.15, 0.2) is 78.0 Å². The molecule has 0 amide bonds. The molecule has 0 saturated carbocycles. The summed E-state index contributed by atoms with van der Waals surface area (Å²) >= 11 is 8.46. The number of Topliss-reactive ketones (excluding diaryl/α,β-unsaturated/α-hetero) is 1. The third-order valence-electron chi connectivity index (χ3n) is 3.94. The van der Waals surface area contributed by atoms with Crippen molar-refractivity contribution >= 4 is 40.5 Å². The predicted molar refractivity (Wildman–Crippen MR) is 115 cm³/mol. The number of rotatable bonds is 6. The number of thioether (sulfide) groups is 1. The number of nitrogens with zero attached hydrogens (tertiary/aromatic N) is 3. The van der Waals surface area contributed by atoms with Gasteiger partial charge in [0.15, 0.2) is 5.78 Å². The average Bonchev–Trinajstić information content (AvgIpc) is 3.19. The van der Waals surface area contributed by atoms with Crippen molar-refractivity contribution in [3.8, 4) is 22.5 Å². The van der Waals surface area contributed by atoms with E-state index in [9.17, 15) is 4.79 Å². The molecule has 28 heavy (non-hydrogen) atoms. The van der Waals surface area contributed by atoms with E-state index in [0.717, 1.165) is 16.8 Å². The van der Waals surface area contributed by atoms with Gasteiger partial charge in [0.1, 0.15) is 11.4 Å². The lowest BCUT2D eigenvalue weighted by atomic mass is 10.0. The van der Waals surface area contributed by atoms with Crippen LogP contribution in [0, 0.1) is 0 Å². The summed E-state index contributed by atoms with van der Waals surface area (Å²) in [6, 6.07) is 23.2. The molecule has 0 spiro atoms. The van der Waals surface area contributed by atoms with Gasteiger partial charge in [0.05, 0.1) is 15.0 Å². The van der Waals surface area contributed by atoms with Crippen LogP contribution in [0.25, 0.3) is 22.5 Å². The van der Waals surface area contributed by atoms with E-state index in [4.69, 9.17) is 16.6 Å². The lowest BCUT2D eigenvalue weighted by Crippen LogP contribution is -2.03. The van der Waals surface area contributed by atoms with Crippen molar-refractivity contribution < 1.29 is 4.79 Å². The standard InChI is InChI=1S/C21H14ClN3OS2/c22-18-12-11-17(28-18)16(26)13-27-21-23-19(14-7-3-1-4-8-14)20(24-25-21)15-9-5-2-6-10-15/h1-12H,13H2. The molecule has 0 aliphatic rings. The summed E-state index contributed by atoms with van der Waals surface area (Å²) < 4.78 is 0.602. The molecule has 138 valence electrons. The molecular formula is C21H14ClN3OS2. The van der Waals surface area contributed by atoms with Crippen molar-refractivity contribution in [2.24, 2.45) is 0 Å². The van der Waals surface area contributed by atoms with Crippen molar-refractivity contribution in [3.05, 3.63) is 82.0 Å². The first-order valence-electron chi connectivity index (χ1n) is 8.47. The lowest BCUT2D eigenvalue weighted by Gasteiger charge is -2.09. The third-order valence-corrected chi connectivity index (χ3v) is 6.05. The van der Waals surface area contributed by atoms with Gasteiger partial charge in [-0.25, -0.2) is 4.98 Å². The molecule has 2 heterocycles. The monoisotopic (exact) mass is 423 g/mol. The second-order valence-corrected chi connectivity index (χ2v) is 8.50. The summed E-state index contributed by atoms with van der Waals surface area (Å²) in [5.74, 6) is 0.233. The maximum absolute atomic E-state index is 12.3. The molecule has 0 bridgehead atoms. The molecule has 0 aliphatic carbocycles. The van der Waals surface area contributed by atoms with E-state index < -0.39 is 0 Å². The SMILES string of the molecule is O=C(CSc1nnc(-c2ccccc2)c(-c2ccccc2)n1)c1ccc(Cl)s1. The zero-order chi connectivity index (χ0) is 19.3. The van der Waals surface area contributed by atoms with Gasteiger partial charge in [0.2, 0.25) is 5.16 Å². The molecule has 4 rings (SSSR count). The largest absolute Gasteiger partial charge is 0.292 e. The first-order valence-corrected chi connectivity index (χ1v) is 10.7. The molecule has 4 aromatic rings. The molecule has 0 unspecified atom stereocenters. The average molecular weight is 424 g/mol. The Morgan fingerprint density at radius 2 is 1.50 bits per heavy atom. The topological polar surface area (TPSA) is 55.7 Å². The summed E-state index contributed by atoms with van der Waals surface area (Å²) in [5, 5.41) is 9.12. The first-order chi connectivity index (χ1) is 13.7. The van der Waals surface area contributed by atoms with Gasteiger partial charge in [0.25, 0.3) is 0 Å². The van der Waals surface area contributed by atoms with Crippen LogP contribution in [0.5, 0.6) is 0 Å². The summed E-state index contributed by atoms with van der Waals surface area (Å²) in [7, 11) is 0. The number of ketones is 1. The lowest BCUT2D eigenvalue weighted by molar-refractivity contribution is 0.102. The van der Waals surface area contributed by atoms with Crippen LogP contribution < -0.4 is 0 Å². The minimum atomic E-state index is -0.00102. The number of carbonyl (C=O) groups excluding carboxylic acids is 1. The highest BCUT2D eigenvalue weighted by atomic mass is 35.5. The van der Waals surface area contributed by atoms with Crippen LogP contribution in [0.2, 0.25) is 4.34 Å². The molecule has 0 aliphatic heterocycles. The Morgan fingerprint density at radius 1 is 0.857 bits per heavy atom. The van der Waals surface area contributed by atoms with Crippen molar-refractivity contribution in [1.82, 2.24) is 15.2 Å². The van der Waals surface area contributed by atoms with Crippen molar-refractivity contribution in [1.29, 1.82) is 0 Å². The quantitative estimate of drug-likeness (QED) is 0.285. The predicted octanol–water partition coefficient (Wildman–Crippen LogP) is 5.90. The van der Waals surface area contributed by atoms with Crippen LogP contribution in [0.3, 0.4) is 0 Å². The Morgan fingerprint density at radius 3 is 2.11 bits per heavy atom. The highest BCUT2D eigenvalue weighted by Crippen LogP contribution is 2.30. The molecule has 0 atom stereocenters. The van der Waals surface area contributed by atoms with Gasteiger partial charge in [-0.2, -0.15) is 0 Å². The van der Waals surface area contributed by atoms with Crippen LogP contribution in [0.4, 0.5) is 0 Å². The van der Waals surface area contributed by atoms with Gasteiger partial charge in [-0.15, -0.1) is 21.5 Å². The molecule has 0 radical (unpaired) electrons. The van der Waals surface area contributed by atoms with E-state index >= 15 is 0 Å². The normalized spacial score (nSPS) is 10.8. The first kappa shape index (κ1) is 18.8. The number of thiophene rings is 1. The van der Waals surface area contributed by atoms with E-state index in [2.05, 4.69) is 10.2 Å². The number of benzene rings is 2. The van der Waals surface area contributed by atoms with Gasteiger partial charge in [-0.3, -0.25) is 4.79 Å². The van der Waals surface area contributed by atoms with E-state index in [1.54, 1.807) is 12.1 Å². The van der Waals surface area contributed by atoms with Crippen LogP contribution in [0.1, 0.15) is 9.67 Å². The highest BCUT2D eigenvalue weighted by Gasteiger charge is 2.15. The maximum atomic E-state index is 12.3. The summed E-state index contributed by atoms with van der Waals surface area (Å²) in [6.45, 7) is 0. The number of hydrogen-bond donors (Lipinski definition) is 0. The minimum absolute atomic E-state index is 0.00102. The third kappa shape index (κ3) is 4.30. The Kier molecular flexibility index (Phi) is 5.81. The molecule has 2 aromatic heterocycles. The summed E-state index contributed by atoms with van der Waals surface area (Å²) in [4.78, 5) is 17.7. The summed E-state index contributed by atoms with van der Waals surface area (Å²) in [6.07, 6.45) is 0. The fourth-order valence-electron chi connectivity index (χ4n) is 2.63. The number of carbonyl (C=O) groups is 1. The van der Waals surface area contributed by atoms with Gasteiger partial charge in [-0.1, -0.05) is 84.0 Å². The van der Waals surface area contributed by atoms with Gasteiger partial charge < -0.3 is 0 Å². The fourth-order valence-corrected chi connectivity index (χ4v) is 4.37. The molecular weight excluding hydrogens is 410 g/mol. The van der Waals surface area contributed by atoms with E-state index in [1.807, 2.05) is 60.7 Å². The van der Waals surface area contributed by atoms with E-state index in [1.165, 1.54) is 23.1 Å². The number of halogens is 1. The molecule has 0 N–H and O–H groups in total. The molecule has 2 aromatic carbocycles. The Hall–Kier alpha value is -2.54. The van der Waals surface area contributed by atoms with Crippen LogP contribution in [-0.4, -0.2) is 26.7 Å². The molecule has 0 saturated heterocycles. The number of hydrogen-bond acceptors (Lipinski definition) is 6. The number of aromatic nitrogens is 3. The second-order valence-electron chi connectivity index (χ2n) is 5.84. The molecule has 4 nitrogen and oxygen atoms in total.